The Morgan fingerprint density at radius 3 is 2.50 bits per heavy atom. The molecule has 1 aliphatic heterocycles. The third-order valence-corrected chi connectivity index (χ3v) is 5.43. The van der Waals surface area contributed by atoms with Gasteiger partial charge in [0.15, 0.2) is 0 Å². The number of amides is 1. The molecule has 0 unspecified atom stereocenters. The van der Waals surface area contributed by atoms with Gasteiger partial charge >= 0.3 is 12.1 Å². The van der Waals surface area contributed by atoms with E-state index < -0.39 is 12.1 Å². The zero-order valence-corrected chi connectivity index (χ0v) is 19.0. The van der Waals surface area contributed by atoms with Crippen LogP contribution in [0.2, 0.25) is 10.0 Å². The highest BCUT2D eigenvalue weighted by atomic mass is 35.5. The molecule has 3 aromatic rings. The van der Waals surface area contributed by atoms with E-state index in [0.717, 1.165) is 22.4 Å². The van der Waals surface area contributed by atoms with Crippen LogP contribution in [0.25, 0.3) is 11.1 Å². The van der Waals surface area contributed by atoms with E-state index in [1.807, 2.05) is 13.0 Å². The van der Waals surface area contributed by atoms with Gasteiger partial charge in [-0.3, -0.25) is 9.78 Å². The quantitative estimate of drug-likeness (QED) is 0.519. The second-order valence-corrected chi connectivity index (χ2v) is 7.93. The Kier molecular flexibility index (Phi) is 7.49. The van der Waals surface area contributed by atoms with Crippen molar-refractivity contribution in [3.8, 4) is 11.1 Å². The molecule has 34 heavy (non-hydrogen) atoms. The summed E-state index contributed by atoms with van der Waals surface area (Å²) in [7, 11) is 0. The molecule has 1 aromatic carbocycles. The van der Waals surface area contributed by atoms with Crippen molar-refractivity contribution < 1.29 is 32.3 Å². The summed E-state index contributed by atoms with van der Waals surface area (Å²) >= 11 is 12.5. The SMILES string of the molecule is Cc1nc2c(c(-c3ccc(Cl)cc3Cl)c1CN)C(=O)N(Cc1ncco1)C2.O=C(O)C(F)(F)F. The van der Waals surface area contributed by atoms with E-state index in [0.29, 0.717) is 33.7 Å². The average molecular weight is 517 g/mol. The van der Waals surface area contributed by atoms with Gasteiger partial charge in [-0.05, 0) is 24.6 Å². The number of carbonyl (C=O) groups is 2. The minimum absolute atomic E-state index is 0.147. The number of nitrogens with zero attached hydrogens (tertiary/aromatic N) is 3. The van der Waals surface area contributed by atoms with Gasteiger partial charge in [-0.1, -0.05) is 29.3 Å². The molecule has 3 N–H and O–H groups in total. The number of halogens is 5. The highest BCUT2D eigenvalue weighted by Crippen LogP contribution is 2.40. The van der Waals surface area contributed by atoms with Gasteiger partial charge in [0.05, 0.1) is 30.5 Å². The van der Waals surface area contributed by atoms with Crippen LogP contribution in [0.3, 0.4) is 0 Å². The Morgan fingerprint density at radius 2 is 1.97 bits per heavy atom. The standard InChI is InChI=1S/C19H16Cl2N4O2.C2HF3O2/c1-10-13(7-22)17(12-3-2-11(20)6-14(12)21)18-15(24-10)8-25(19(18)26)9-16-23-4-5-27-16;3-2(4,5)1(6)7/h2-6H,7-9,22H2,1H3;(H,6,7). The fraction of sp³-hybridized carbons (Fsp3) is 0.238. The summed E-state index contributed by atoms with van der Waals surface area (Å²) in [6, 6.07) is 5.21. The normalized spacial score (nSPS) is 12.9. The predicted octanol–water partition coefficient (Wildman–Crippen LogP) is 4.60. The van der Waals surface area contributed by atoms with Crippen LogP contribution in [0.15, 0.2) is 35.1 Å². The fourth-order valence-corrected chi connectivity index (χ4v) is 3.92. The van der Waals surface area contributed by atoms with E-state index in [2.05, 4.69) is 9.97 Å². The number of carbonyl (C=O) groups excluding carboxylic acids is 1. The van der Waals surface area contributed by atoms with E-state index in [1.165, 1.54) is 6.26 Å². The maximum Gasteiger partial charge on any atom is 0.490 e. The van der Waals surface area contributed by atoms with Crippen LogP contribution in [0, 0.1) is 6.92 Å². The third kappa shape index (κ3) is 5.32. The second-order valence-electron chi connectivity index (χ2n) is 7.09. The summed E-state index contributed by atoms with van der Waals surface area (Å²) in [5, 5.41) is 8.11. The van der Waals surface area contributed by atoms with Crippen LogP contribution in [0.4, 0.5) is 13.2 Å². The Morgan fingerprint density at radius 1 is 1.29 bits per heavy atom. The number of rotatable bonds is 4. The maximum atomic E-state index is 13.2. The minimum atomic E-state index is -5.08. The fourth-order valence-electron chi connectivity index (χ4n) is 3.42. The van der Waals surface area contributed by atoms with E-state index in [4.69, 9.17) is 43.3 Å². The van der Waals surface area contributed by atoms with Crippen LogP contribution >= 0.6 is 23.2 Å². The lowest BCUT2D eigenvalue weighted by atomic mass is 9.93. The maximum absolute atomic E-state index is 13.2. The van der Waals surface area contributed by atoms with Crippen molar-refractivity contribution in [2.45, 2.75) is 32.7 Å². The molecule has 13 heteroatoms. The molecule has 0 saturated heterocycles. The molecule has 3 heterocycles. The number of carboxylic acid groups (broad SMARTS) is 1. The molecule has 1 aliphatic rings. The van der Waals surface area contributed by atoms with Crippen LogP contribution < -0.4 is 5.73 Å². The van der Waals surface area contributed by atoms with Crippen molar-refractivity contribution in [2.75, 3.05) is 0 Å². The zero-order valence-electron chi connectivity index (χ0n) is 17.5. The smallest absolute Gasteiger partial charge is 0.475 e. The molecule has 0 radical (unpaired) electrons. The number of aliphatic carboxylic acids is 1. The molecule has 0 spiro atoms. The molecule has 0 saturated carbocycles. The average Bonchev–Trinajstić information content (AvgIpc) is 3.35. The monoisotopic (exact) mass is 516 g/mol. The molecule has 0 bridgehead atoms. The van der Waals surface area contributed by atoms with Gasteiger partial charge in [0.2, 0.25) is 5.89 Å². The van der Waals surface area contributed by atoms with Gasteiger partial charge in [0.25, 0.3) is 5.91 Å². The number of aromatic nitrogens is 2. The number of hydrogen-bond acceptors (Lipinski definition) is 6. The molecule has 2 aromatic heterocycles. The third-order valence-electron chi connectivity index (χ3n) is 4.88. The highest BCUT2D eigenvalue weighted by Gasteiger charge is 2.38. The summed E-state index contributed by atoms with van der Waals surface area (Å²) < 4.78 is 37.0. The van der Waals surface area contributed by atoms with Gasteiger partial charge < -0.3 is 20.2 Å². The molecular weight excluding hydrogens is 500 g/mol. The lowest BCUT2D eigenvalue weighted by molar-refractivity contribution is -0.192. The van der Waals surface area contributed by atoms with E-state index in [1.54, 1.807) is 23.2 Å². The Labute approximate surface area is 201 Å². The van der Waals surface area contributed by atoms with Crippen molar-refractivity contribution in [2.24, 2.45) is 5.73 Å². The number of carboxylic acids is 1. The second kappa shape index (κ2) is 10.00. The van der Waals surface area contributed by atoms with Gasteiger partial charge in [0.1, 0.15) is 6.26 Å². The number of nitrogens with two attached hydrogens (primary N) is 1. The van der Waals surface area contributed by atoms with Crippen LogP contribution in [0.1, 0.15) is 33.2 Å². The van der Waals surface area contributed by atoms with E-state index in [-0.39, 0.29) is 19.0 Å². The lowest BCUT2D eigenvalue weighted by Crippen LogP contribution is -2.23. The van der Waals surface area contributed by atoms with Crippen LogP contribution in [-0.2, 0) is 24.4 Å². The number of oxazole rings is 1. The lowest BCUT2D eigenvalue weighted by Gasteiger charge is -2.16. The topological polar surface area (TPSA) is 123 Å². The van der Waals surface area contributed by atoms with Gasteiger partial charge in [-0.2, -0.15) is 13.2 Å². The molecular formula is C21H17Cl2F3N4O4. The molecule has 0 atom stereocenters. The van der Waals surface area contributed by atoms with Gasteiger partial charge in [0, 0.05) is 33.4 Å². The summed E-state index contributed by atoms with van der Waals surface area (Å²) in [6.45, 7) is 2.78. The van der Waals surface area contributed by atoms with Crippen LogP contribution in [-0.4, -0.2) is 38.0 Å². The number of benzene rings is 1. The molecule has 0 aliphatic carbocycles. The molecule has 1 amide bonds. The van der Waals surface area contributed by atoms with E-state index >= 15 is 0 Å². The number of hydrogen-bond donors (Lipinski definition) is 2. The summed E-state index contributed by atoms with van der Waals surface area (Å²) in [5.41, 5.74) is 10.2. The molecule has 180 valence electrons. The first-order valence-electron chi connectivity index (χ1n) is 9.59. The Bertz CT molecular complexity index is 1230. The van der Waals surface area contributed by atoms with Crippen LogP contribution in [0.5, 0.6) is 0 Å². The summed E-state index contributed by atoms with van der Waals surface area (Å²) in [6.07, 6.45) is -2.05. The van der Waals surface area contributed by atoms with Gasteiger partial charge in [-0.25, -0.2) is 9.78 Å². The number of fused-ring (bicyclic) bond motifs is 1. The summed E-state index contributed by atoms with van der Waals surface area (Å²) in [4.78, 5) is 32.4. The van der Waals surface area contributed by atoms with Gasteiger partial charge in [-0.15, -0.1) is 0 Å². The number of alkyl halides is 3. The van der Waals surface area contributed by atoms with Crippen molar-refractivity contribution in [1.29, 1.82) is 0 Å². The number of pyridine rings is 1. The van der Waals surface area contributed by atoms with Crippen molar-refractivity contribution >= 4 is 35.1 Å². The van der Waals surface area contributed by atoms with Crippen molar-refractivity contribution in [3.05, 3.63) is 69.1 Å². The first kappa shape index (κ1) is 25.5. The van der Waals surface area contributed by atoms with Crippen molar-refractivity contribution in [1.82, 2.24) is 14.9 Å². The number of aryl methyl sites for hydroxylation is 1. The predicted molar refractivity (Wildman–Crippen MR) is 116 cm³/mol. The Hall–Kier alpha value is -3.15. The molecule has 0 fully saturated rings. The molecule has 4 rings (SSSR count). The Balaban J connectivity index is 0.000000406. The first-order chi connectivity index (χ1) is 15.9. The highest BCUT2D eigenvalue weighted by molar-refractivity contribution is 6.36. The van der Waals surface area contributed by atoms with Crippen molar-refractivity contribution in [3.63, 3.8) is 0 Å². The molecule has 8 nitrogen and oxygen atoms in total. The zero-order chi connectivity index (χ0) is 25.2. The summed E-state index contributed by atoms with van der Waals surface area (Å²) in [5.74, 6) is -2.43. The first-order valence-corrected chi connectivity index (χ1v) is 10.3. The largest absolute Gasteiger partial charge is 0.490 e. The van der Waals surface area contributed by atoms with E-state index in [9.17, 15) is 18.0 Å². The minimum Gasteiger partial charge on any atom is -0.475 e.